The number of ether oxygens (including phenoxy) is 3. The van der Waals surface area contributed by atoms with Gasteiger partial charge in [-0.2, -0.15) is 0 Å². The van der Waals surface area contributed by atoms with Gasteiger partial charge in [-0.15, -0.1) is 0 Å². The molecule has 1 aromatic rings. The van der Waals surface area contributed by atoms with Gasteiger partial charge in [0.25, 0.3) is 0 Å². The summed E-state index contributed by atoms with van der Waals surface area (Å²) in [6, 6.07) is 3.30. The maximum Gasteiger partial charge on any atom is 0.309 e. The van der Waals surface area contributed by atoms with Crippen LogP contribution in [-0.4, -0.2) is 25.0 Å². The number of hydrogen-bond donors (Lipinski definition) is 0. The van der Waals surface area contributed by atoms with Crippen molar-refractivity contribution in [2.75, 3.05) is 7.11 Å². The first-order valence-corrected chi connectivity index (χ1v) is 8.23. The van der Waals surface area contributed by atoms with Crippen molar-refractivity contribution in [1.29, 1.82) is 0 Å². The Labute approximate surface area is 144 Å². The molecule has 0 aromatic heterocycles. The average Bonchev–Trinajstić information content (AvgIpc) is 3.32. The van der Waals surface area contributed by atoms with E-state index in [0.29, 0.717) is 11.5 Å². The molecular weight excluding hydrogens is 324 g/mol. The summed E-state index contributed by atoms with van der Waals surface area (Å²) >= 11 is 0. The Morgan fingerprint density at radius 2 is 1.28 bits per heavy atom. The van der Waals surface area contributed by atoms with Crippen molar-refractivity contribution >= 4 is 17.9 Å². The summed E-state index contributed by atoms with van der Waals surface area (Å²) in [6.07, 6.45) is 4.11. The number of benzene rings is 1. The van der Waals surface area contributed by atoms with E-state index in [1.807, 2.05) is 0 Å². The van der Waals surface area contributed by atoms with Crippen LogP contribution in [-0.2, 0) is 19.1 Å². The molecule has 4 aliphatic rings. The van der Waals surface area contributed by atoms with Gasteiger partial charge in [0.1, 0.15) is 11.5 Å². The van der Waals surface area contributed by atoms with E-state index in [1.165, 1.54) is 21.0 Å². The first kappa shape index (κ1) is 15.9. The summed E-state index contributed by atoms with van der Waals surface area (Å²) in [7, 11) is 1.39. The first-order chi connectivity index (χ1) is 11.9. The minimum absolute atomic E-state index is 0.0565. The van der Waals surface area contributed by atoms with Crippen LogP contribution in [0.5, 0.6) is 11.5 Å². The van der Waals surface area contributed by atoms with E-state index in [4.69, 9.17) is 14.2 Å². The van der Waals surface area contributed by atoms with Gasteiger partial charge in [0.2, 0.25) is 0 Å². The van der Waals surface area contributed by atoms with Gasteiger partial charge < -0.3 is 14.2 Å². The largest absolute Gasteiger partial charge is 0.469 e. The molecule has 1 unspecified atom stereocenters. The number of hydrogen-bond acceptors (Lipinski definition) is 6. The lowest BCUT2D eigenvalue weighted by Gasteiger charge is -2.34. The molecule has 0 saturated heterocycles. The zero-order valence-electron chi connectivity index (χ0n) is 14.1. The predicted molar refractivity (Wildman–Crippen MR) is 86.2 cm³/mol. The van der Waals surface area contributed by atoms with Gasteiger partial charge in [0, 0.05) is 36.8 Å². The summed E-state index contributed by atoms with van der Waals surface area (Å²) in [5, 5.41) is 0. The van der Waals surface area contributed by atoms with E-state index in [1.54, 1.807) is 12.1 Å². The molecule has 0 aliphatic heterocycles. The van der Waals surface area contributed by atoms with Crippen molar-refractivity contribution in [2.24, 2.45) is 17.8 Å². The highest BCUT2D eigenvalue weighted by molar-refractivity contribution is 5.80. The Balaban J connectivity index is 1.83. The van der Waals surface area contributed by atoms with E-state index < -0.39 is 11.9 Å². The van der Waals surface area contributed by atoms with E-state index in [2.05, 4.69) is 12.2 Å². The zero-order chi connectivity index (χ0) is 17.9. The fourth-order valence-electron chi connectivity index (χ4n) is 4.58. The Morgan fingerprint density at radius 3 is 1.64 bits per heavy atom. The Morgan fingerprint density at radius 1 is 0.840 bits per heavy atom. The SMILES string of the molecule is COC(=O)C1[C@@H]2[C@H]1[C@@H]1C=C[C@H]2c2c(OC(C)=O)ccc(OC(C)=O)c21. The predicted octanol–water partition coefficient (Wildman–Crippen LogP) is 2.32. The van der Waals surface area contributed by atoms with Gasteiger partial charge in [-0.3, -0.25) is 14.4 Å². The van der Waals surface area contributed by atoms with Crippen molar-refractivity contribution in [3.05, 3.63) is 35.4 Å². The standard InChI is InChI=1S/C19H18O6/c1-8(20)24-12-6-7-13(25-9(2)21)15-11-5-4-10(14(12)15)16-17(11)18(16)19(22)23-3/h4-7,10-11,16-18H,1-3H3/t10-,11+,16-,17+,18?. The minimum atomic E-state index is -0.412. The summed E-state index contributed by atoms with van der Waals surface area (Å²) in [6.45, 7) is 2.70. The number of carbonyl (C=O) groups is 3. The van der Waals surface area contributed by atoms with E-state index >= 15 is 0 Å². The fourth-order valence-corrected chi connectivity index (χ4v) is 4.58. The van der Waals surface area contributed by atoms with Crippen molar-refractivity contribution < 1.29 is 28.6 Å². The van der Waals surface area contributed by atoms with Crippen LogP contribution in [0, 0.1) is 17.8 Å². The second kappa shape index (κ2) is 5.44. The normalized spacial score (nSPS) is 30.1. The minimum Gasteiger partial charge on any atom is -0.469 e. The topological polar surface area (TPSA) is 78.9 Å². The van der Waals surface area contributed by atoms with E-state index in [9.17, 15) is 14.4 Å². The molecule has 5 atom stereocenters. The highest BCUT2D eigenvalue weighted by Crippen LogP contribution is 2.70. The van der Waals surface area contributed by atoms with Crippen LogP contribution in [0.2, 0.25) is 0 Å². The Hall–Kier alpha value is -2.63. The highest BCUT2D eigenvalue weighted by Gasteiger charge is 2.66. The molecule has 2 bridgehead atoms. The smallest absolute Gasteiger partial charge is 0.309 e. The van der Waals surface area contributed by atoms with Crippen LogP contribution >= 0.6 is 0 Å². The van der Waals surface area contributed by atoms with Crippen LogP contribution in [0.1, 0.15) is 36.8 Å². The number of allylic oxidation sites excluding steroid dienone is 2. The first-order valence-electron chi connectivity index (χ1n) is 8.23. The number of methoxy groups -OCH3 is 1. The molecule has 6 heteroatoms. The quantitative estimate of drug-likeness (QED) is 0.476. The maximum atomic E-state index is 12.1. The molecule has 0 heterocycles. The maximum absolute atomic E-state index is 12.1. The van der Waals surface area contributed by atoms with E-state index in [-0.39, 0.29) is 35.6 Å². The van der Waals surface area contributed by atoms with Crippen LogP contribution < -0.4 is 9.47 Å². The molecule has 25 heavy (non-hydrogen) atoms. The zero-order valence-corrected chi connectivity index (χ0v) is 14.1. The molecule has 1 fully saturated rings. The second-order valence-corrected chi connectivity index (χ2v) is 6.72. The molecular formula is C19H18O6. The molecule has 130 valence electrons. The van der Waals surface area contributed by atoms with Crippen LogP contribution in [0.25, 0.3) is 0 Å². The average molecular weight is 342 g/mol. The molecule has 6 nitrogen and oxygen atoms in total. The molecule has 5 rings (SSSR count). The lowest BCUT2D eigenvalue weighted by atomic mass is 9.71. The van der Waals surface area contributed by atoms with E-state index in [0.717, 1.165) is 11.1 Å². The summed E-state index contributed by atoms with van der Waals surface area (Å²) < 4.78 is 15.7. The molecule has 4 aliphatic carbocycles. The second-order valence-electron chi connectivity index (χ2n) is 6.72. The van der Waals surface area contributed by atoms with Gasteiger partial charge in [0.15, 0.2) is 0 Å². The number of carbonyl (C=O) groups excluding carboxylic acids is 3. The Kier molecular flexibility index (Phi) is 3.45. The van der Waals surface area contributed by atoms with Gasteiger partial charge in [-0.05, 0) is 24.0 Å². The van der Waals surface area contributed by atoms with Gasteiger partial charge in [0.05, 0.1) is 13.0 Å². The summed E-state index contributed by atoms with van der Waals surface area (Å²) in [5.41, 5.74) is 1.68. The Bertz CT molecular complexity index is 764. The number of esters is 3. The highest BCUT2D eigenvalue weighted by atomic mass is 16.5. The van der Waals surface area contributed by atoms with Gasteiger partial charge in [-0.25, -0.2) is 0 Å². The molecule has 1 aromatic carbocycles. The third-order valence-corrected chi connectivity index (χ3v) is 5.34. The van der Waals surface area contributed by atoms with Crippen molar-refractivity contribution in [3.63, 3.8) is 0 Å². The third-order valence-electron chi connectivity index (χ3n) is 5.34. The monoisotopic (exact) mass is 342 g/mol. The summed E-state index contributed by atoms with van der Waals surface area (Å²) in [4.78, 5) is 35.1. The van der Waals surface area contributed by atoms with Crippen molar-refractivity contribution in [3.8, 4) is 11.5 Å². The molecule has 0 radical (unpaired) electrons. The molecule has 0 amide bonds. The summed E-state index contributed by atoms with van der Waals surface area (Å²) in [5.74, 6) is -0.137. The molecule has 0 N–H and O–H groups in total. The third kappa shape index (κ3) is 2.27. The van der Waals surface area contributed by atoms with Crippen LogP contribution in [0.3, 0.4) is 0 Å². The van der Waals surface area contributed by atoms with Gasteiger partial charge in [-0.1, -0.05) is 12.2 Å². The van der Waals surface area contributed by atoms with Crippen LogP contribution in [0.4, 0.5) is 0 Å². The van der Waals surface area contributed by atoms with Crippen molar-refractivity contribution in [1.82, 2.24) is 0 Å². The van der Waals surface area contributed by atoms with Crippen molar-refractivity contribution in [2.45, 2.75) is 25.7 Å². The lowest BCUT2D eigenvalue weighted by molar-refractivity contribution is -0.143. The van der Waals surface area contributed by atoms with Gasteiger partial charge >= 0.3 is 17.9 Å². The molecule has 1 saturated carbocycles. The number of rotatable bonds is 3. The van der Waals surface area contributed by atoms with Crippen LogP contribution in [0.15, 0.2) is 24.3 Å². The lowest BCUT2D eigenvalue weighted by Crippen LogP contribution is -2.23. The molecule has 0 spiro atoms. The fraction of sp³-hybridized carbons (Fsp3) is 0.421.